The van der Waals surface area contributed by atoms with E-state index in [2.05, 4.69) is 4.99 Å². The topological polar surface area (TPSA) is 109 Å². The average Bonchev–Trinajstić information content (AvgIpc) is 3.58. The molecule has 0 spiro atoms. The summed E-state index contributed by atoms with van der Waals surface area (Å²) in [4.78, 5) is 44.0. The minimum Gasteiger partial charge on any atom is -0.493 e. The summed E-state index contributed by atoms with van der Waals surface area (Å²) in [7, 11) is 1.46. The van der Waals surface area contributed by atoms with Gasteiger partial charge in [-0.05, 0) is 55.3 Å². The zero-order valence-electron chi connectivity index (χ0n) is 21.4. The van der Waals surface area contributed by atoms with Gasteiger partial charge in [-0.25, -0.2) is 14.6 Å². The van der Waals surface area contributed by atoms with Crippen molar-refractivity contribution in [3.8, 4) is 11.5 Å². The van der Waals surface area contributed by atoms with Crippen LogP contribution in [0.2, 0.25) is 0 Å². The molecule has 0 amide bonds. The molecule has 1 aliphatic heterocycles. The molecule has 0 fully saturated rings. The third kappa shape index (κ3) is 5.06. The molecule has 0 saturated carbocycles. The van der Waals surface area contributed by atoms with Gasteiger partial charge in [0.25, 0.3) is 5.56 Å². The molecule has 0 aliphatic carbocycles. The summed E-state index contributed by atoms with van der Waals surface area (Å²) < 4.78 is 23.2. The molecule has 0 N–H and O–H groups in total. The van der Waals surface area contributed by atoms with Crippen LogP contribution in [0.5, 0.6) is 11.5 Å². The first-order valence-corrected chi connectivity index (χ1v) is 12.9. The highest BCUT2D eigenvalue weighted by Crippen LogP contribution is 2.31. The lowest BCUT2D eigenvalue weighted by molar-refractivity contribution is -0.139. The van der Waals surface area contributed by atoms with Gasteiger partial charge in [-0.3, -0.25) is 9.36 Å². The van der Waals surface area contributed by atoms with Gasteiger partial charge in [0.15, 0.2) is 16.3 Å². The summed E-state index contributed by atoms with van der Waals surface area (Å²) in [5.74, 6) is -0.595. The van der Waals surface area contributed by atoms with Gasteiger partial charge in [0.2, 0.25) is 5.76 Å². The van der Waals surface area contributed by atoms with Crippen molar-refractivity contribution in [1.82, 2.24) is 4.57 Å². The second-order valence-electron chi connectivity index (χ2n) is 8.49. The number of benzene rings is 2. The Morgan fingerprint density at radius 1 is 1.08 bits per heavy atom. The molecule has 39 heavy (non-hydrogen) atoms. The molecule has 0 saturated heterocycles. The number of ether oxygens (including phenoxy) is 3. The Morgan fingerprint density at radius 2 is 1.87 bits per heavy atom. The summed E-state index contributed by atoms with van der Waals surface area (Å²) in [5.41, 5.74) is 1.94. The van der Waals surface area contributed by atoms with Crippen LogP contribution in [-0.4, -0.2) is 30.2 Å². The number of carbonyl (C=O) groups is 2. The van der Waals surface area contributed by atoms with Gasteiger partial charge < -0.3 is 18.6 Å². The van der Waals surface area contributed by atoms with Crippen LogP contribution in [0.1, 0.15) is 41.6 Å². The van der Waals surface area contributed by atoms with E-state index in [1.165, 1.54) is 35.3 Å². The zero-order valence-corrected chi connectivity index (χ0v) is 22.2. The number of hydrogen-bond acceptors (Lipinski definition) is 9. The summed E-state index contributed by atoms with van der Waals surface area (Å²) in [6.07, 6.45) is 3.09. The monoisotopic (exact) mass is 544 g/mol. The molecule has 198 valence electrons. The molecule has 2 aromatic carbocycles. The van der Waals surface area contributed by atoms with Crippen LogP contribution in [0.4, 0.5) is 0 Å². The molecule has 3 heterocycles. The average molecular weight is 545 g/mol. The molecular formula is C29H24N2O7S. The maximum atomic E-state index is 13.7. The minimum atomic E-state index is -0.679. The van der Waals surface area contributed by atoms with Crippen LogP contribution in [0.25, 0.3) is 6.08 Å². The van der Waals surface area contributed by atoms with Gasteiger partial charge in [-0.15, -0.1) is 0 Å². The van der Waals surface area contributed by atoms with E-state index in [1.807, 2.05) is 30.3 Å². The van der Waals surface area contributed by atoms with Gasteiger partial charge in [0.05, 0.1) is 41.8 Å². The summed E-state index contributed by atoms with van der Waals surface area (Å²) in [6.45, 7) is 3.68. The molecule has 9 nitrogen and oxygen atoms in total. The summed E-state index contributed by atoms with van der Waals surface area (Å²) in [6, 6.07) is 16.7. The van der Waals surface area contributed by atoms with Crippen LogP contribution >= 0.6 is 11.3 Å². The Morgan fingerprint density at radius 3 is 2.56 bits per heavy atom. The first-order chi connectivity index (χ1) is 18.9. The Kier molecular flexibility index (Phi) is 7.29. The number of hydrogen-bond donors (Lipinski definition) is 0. The van der Waals surface area contributed by atoms with Crippen molar-refractivity contribution < 1.29 is 28.2 Å². The highest BCUT2D eigenvalue weighted by atomic mass is 32.1. The third-order valence-electron chi connectivity index (χ3n) is 6.04. The summed E-state index contributed by atoms with van der Waals surface area (Å²) >= 11 is 1.22. The number of fused-ring (bicyclic) bond motifs is 1. The highest BCUT2D eigenvalue weighted by Gasteiger charge is 2.33. The van der Waals surface area contributed by atoms with Crippen molar-refractivity contribution in [2.45, 2.75) is 19.9 Å². The maximum absolute atomic E-state index is 13.7. The predicted molar refractivity (Wildman–Crippen MR) is 144 cm³/mol. The van der Waals surface area contributed by atoms with E-state index in [0.29, 0.717) is 31.9 Å². The number of nitrogens with zero attached hydrogens (tertiary/aromatic N) is 2. The molecule has 1 aliphatic rings. The Labute approximate surface area is 226 Å². The molecular weight excluding hydrogens is 520 g/mol. The van der Waals surface area contributed by atoms with E-state index in [9.17, 15) is 14.4 Å². The third-order valence-corrected chi connectivity index (χ3v) is 7.03. The lowest BCUT2D eigenvalue weighted by atomic mass is 9.96. The Balaban J connectivity index is 1.57. The standard InChI is InChI=1S/C29H24N2O7S/c1-4-36-28(34)24-17(2)30-29-31(25(24)19-9-6-5-7-10-19)26(32)23(39-29)16-18-12-13-20(22(15-18)35-3)38-27(33)21-11-8-14-37-21/h5-16,25H,4H2,1-3H3/b23-16+/t25-/m0/s1. The van der Waals surface area contributed by atoms with Gasteiger partial charge in [-0.1, -0.05) is 47.7 Å². The molecule has 10 heteroatoms. The molecule has 4 aromatic rings. The number of furan rings is 1. The first-order valence-electron chi connectivity index (χ1n) is 12.1. The number of aromatic nitrogens is 1. The number of methoxy groups -OCH3 is 1. The van der Waals surface area contributed by atoms with Crippen LogP contribution in [0, 0.1) is 0 Å². The van der Waals surface area contributed by atoms with Gasteiger partial charge in [-0.2, -0.15) is 0 Å². The quantitative estimate of drug-likeness (QED) is 0.258. The molecule has 1 atom stereocenters. The minimum absolute atomic E-state index is 0.0627. The number of thiazole rings is 1. The molecule has 0 bridgehead atoms. The van der Waals surface area contributed by atoms with E-state index in [0.717, 1.165) is 5.56 Å². The molecule has 2 aromatic heterocycles. The van der Waals surface area contributed by atoms with Crippen LogP contribution in [0.15, 0.2) is 92.4 Å². The van der Waals surface area contributed by atoms with E-state index >= 15 is 0 Å². The number of carbonyl (C=O) groups excluding carboxylic acids is 2. The van der Waals surface area contributed by atoms with Crippen molar-refractivity contribution in [2.75, 3.05) is 13.7 Å². The number of esters is 2. The van der Waals surface area contributed by atoms with Crippen molar-refractivity contribution in [3.63, 3.8) is 0 Å². The van der Waals surface area contributed by atoms with Crippen LogP contribution in [-0.2, 0) is 9.53 Å². The predicted octanol–water partition coefficient (Wildman–Crippen LogP) is 3.62. The lowest BCUT2D eigenvalue weighted by Gasteiger charge is -2.24. The fraction of sp³-hybridized carbons (Fsp3) is 0.172. The van der Waals surface area contributed by atoms with Crippen molar-refractivity contribution in [3.05, 3.63) is 115 Å². The largest absolute Gasteiger partial charge is 0.493 e. The van der Waals surface area contributed by atoms with Crippen molar-refractivity contribution >= 4 is 29.4 Å². The van der Waals surface area contributed by atoms with Gasteiger partial charge >= 0.3 is 11.9 Å². The normalized spacial score (nSPS) is 14.9. The smallest absolute Gasteiger partial charge is 0.379 e. The van der Waals surface area contributed by atoms with E-state index in [4.69, 9.17) is 18.6 Å². The van der Waals surface area contributed by atoms with E-state index < -0.39 is 18.0 Å². The second-order valence-corrected chi connectivity index (χ2v) is 9.50. The van der Waals surface area contributed by atoms with Gasteiger partial charge in [0.1, 0.15) is 0 Å². The summed E-state index contributed by atoms with van der Waals surface area (Å²) in [5, 5.41) is 0. The van der Waals surface area contributed by atoms with Crippen LogP contribution in [0.3, 0.4) is 0 Å². The van der Waals surface area contributed by atoms with Crippen molar-refractivity contribution in [1.29, 1.82) is 0 Å². The molecule has 0 radical (unpaired) electrons. The number of allylic oxidation sites excluding steroid dienone is 1. The maximum Gasteiger partial charge on any atom is 0.379 e. The number of rotatable bonds is 7. The van der Waals surface area contributed by atoms with Gasteiger partial charge in [0, 0.05) is 0 Å². The first kappa shape index (κ1) is 25.9. The molecule has 5 rings (SSSR count). The van der Waals surface area contributed by atoms with E-state index in [-0.39, 0.29) is 23.7 Å². The SMILES string of the molecule is CCOC(=O)C1=C(C)N=c2s/c(=C/c3ccc(OC(=O)c4ccco4)c(OC)c3)c(=O)n2[C@H]1c1ccccc1. The molecule has 0 unspecified atom stereocenters. The highest BCUT2D eigenvalue weighted by molar-refractivity contribution is 7.07. The lowest BCUT2D eigenvalue weighted by Crippen LogP contribution is -2.39. The van der Waals surface area contributed by atoms with Crippen molar-refractivity contribution in [2.24, 2.45) is 4.99 Å². The zero-order chi connectivity index (χ0) is 27.5. The second kappa shape index (κ2) is 11.0. The van der Waals surface area contributed by atoms with E-state index in [1.54, 1.807) is 44.2 Å². The Bertz CT molecular complexity index is 1750. The fourth-order valence-electron chi connectivity index (χ4n) is 4.30. The fourth-order valence-corrected chi connectivity index (χ4v) is 5.34. The van der Waals surface area contributed by atoms with Crippen LogP contribution < -0.4 is 24.4 Å². The Hall–Kier alpha value is -4.70.